The highest BCUT2D eigenvalue weighted by Crippen LogP contribution is 2.33. The fourth-order valence-electron chi connectivity index (χ4n) is 2.45. The molecular weight excluding hydrogens is 337 g/mol. The SMILES string of the molecule is O=C(O)c1cc(Cl)cc(Cl)c1NS(=O)(=O)C1CCCCC1. The van der Waals surface area contributed by atoms with E-state index in [9.17, 15) is 13.2 Å². The molecule has 2 N–H and O–H groups in total. The lowest BCUT2D eigenvalue weighted by molar-refractivity contribution is 0.0698. The van der Waals surface area contributed by atoms with Gasteiger partial charge >= 0.3 is 5.97 Å². The first-order valence-electron chi connectivity index (χ1n) is 6.55. The molecule has 0 heterocycles. The lowest BCUT2D eigenvalue weighted by Gasteiger charge is -2.23. The predicted molar refractivity (Wildman–Crippen MR) is 82.8 cm³/mol. The summed E-state index contributed by atoms with van der Waals surface area (Å²) >= 11 is 11.7. The number of carbonyl (C=O) groups is 1. The Kier molecular flexibility index (Phi) is 5.01. The molecule has 0 amide bonds. The quantitative estimate of drug-likeness (QED) is 0.864. The zero-order valence-electron chi connectivity index (χ0n) is 11.1. The number of nitrogens with one attached hydrogen (secondary N) is 1. The molecule has 0 unspecified atom stereocenters. The number of hydrogen-bond acceptors (Lipinski definition) is 3. The molecule has 0 saturated heterocycles. The molecule has 5 nitrogen and oxygen atoms in total. The average molecular weight is 352 g/mol. The van der Waals surface area contributed by atoms with Crippen LogP contribution in [0, 0.1) is 0 Å². The van der Waals surface area contributed by atoms with Gasteiger partial charge in [-0.3, -0.25) is 4.72 Å². The summed E-state index contributed by atoms with van der Waals surface area (Å²) in [5, 5.41) is 8.76. The molecule has 8 heteroatoms. The van der Waals surface area contributed by atoms with E-state index in [1.807, 2.05) is 0 Å². The molecule has 0 bridgehead atoms. The van der Waals surface area contributed by atoms with Gasteiger partial charge in [-0.15, -0.1) is 0 Å². The molecule has 1 aromatic rings. The number of aromatic carboxylic acids is 1. The Morgan fingerprint density at radius 2 is 1.81 bits per heavy atom. The highest BCUT2D eigenvalue weighted by atomic mass is 35.5. The molecule has 0 aliphatic heterocycles. The first-order valence-corrected chi connectivity index (χ1v) is 8.85. The lowest BCUT2D eigenvalue weighted by atomic mass is 10.0. The van der Waals surface area contributed by atoms with Crippen LogP contribution in [0.4, 0.5) is 5.69 Å². The Labute approximate surface area is 133 Å². The van der Waals surface area contributed by atoms with E-state index in [4.69, 9.17) is 28.3 Å². The zero-order chi connectivity index (χ0) is 15.6. The minimum Gasteiger partial charge on any atom is -0.478 e. The largest absolute Gasteiger partial charge is 0.478 e. The summed E-state index contributed by atoms with van der Waals surface area (Å²) in [6.45, 7) is 0. The van der Waals surface area contributed by atoms with Gasteiger partial charge in [0, 0.05) is 5.02 Å². The Bertz CT molecular complexity index is 654. The second-order valence-corrected chi connectivity index (χ2v) is 7.83. The van der Waals surface area contributed by atoms with E-state index < -0.39 is 21.2 Å². The summed E-state index contributed by atoms with van der Waals surface area (Å²) in [5.41, 5.74) is -0.383. The summed E-state index contributed by atoms with van der Waals surface area (Å²) in [7, 11) is -3.67. The van der Waals surface area contributed by atoms with E-state index in [-0.39, 0.29) is 21.3 Å². The molecular formula is C13H15Cl2NO4S. The van der Waals surface area contributed by atoms with Crippen LogP contribution in [-0.2, 0) is 10.0 Å². The van der Waals surface area contributed by atoms with Gasteiger partial charge < -0.3 is 5.11 Å². The molecule has 1 aromatic carbocycles. The molecule has 116 valence electrons. The van der Waals surface area contributed by atoms with Gasteiger partial charge in [0.15, 0.2) is 0 Å². The van der Waals surface area contributed by atoms with E-state index >= 15 is 0 Å². The minimum atomic E-state index is -3.67. The van der Waals surface area contributed by atoms with Crippen molar-refractivity contribution in [2.75, 3.05) is 4.72 Å². The highest BCUT2D eigenvalue weighted by Gasteiger charge is 2.29. The first kappa shape index (κ1) is 16.4. The van der Waals surface area contributed by atoms with Gasteiger partial charge in [-0.1, -0.05) is 42.5 Å². The number of hydrogen-bond donors (Lipinski definition) is 2. The Morgan fingerprint density at radius 1 is 1.19 bits per heavy atom. The van der Waals surface area contributed by atoms with Crippen molar-refractivity contribution in [3.05, 3.63) is 27.7 Å². The van der Waals surface area contributed by atoms with Gasteiger partial charge in [0.2, 0.25) is 10.0 Å². The molecule has 2 rings (SSSR count). The second-order valence-electron chi connectivity index (χ2n) is 5.02. The molecule has 0 radical (unpaired) electrons. The topological polar surface area (TPSA) is 83.5 Å². The van der Waals surface area contributed by atoms with Crippen LogP contribution in [0.2, 0.25) is 10.0 Å². The smallest absolute Gasteiger partial charge is 0.337 e. The number of rotatable bonds is 4. The van der Waals surface area contributed by atoms with E-state index in [0.717, 1.165) is 19.3 Å². The van der Waals surface area contributed by atoms with Crippen molar-refractivity contribution in [1.82, 2.24) is 0 Å². The predicted octanol–water partition coefficient (Wildman–Crippen LogP) is 3.77. The van der Waals surface area contributed by atoms with E-state index in [0.29, 0.717) is 12.8 Å². The van der Waals surface area contributed by atoms with Gasteiger partial charge in [-0.25, -0.2) is 13.2 Å². The maximum atomic E-state index is 12.4. The molecule has 1 aliphatic carbocycles. The van der Waals surface area contributed by atoms with Crippen molar-refractivity contribution in [3.63, 3.8) is 0 Å². The fourth-order valence-corrected chi connectivity index (χ4v) is 4.67. The van der Waals surface area contributed by atoms with Gasteiger partial charge in [0.1, 0.15) is 0 Å². The Balaban J connectivity index is 2.36. The van der Waals surface area contributed by atoms with Crippen LogP contribution < -0.4 is 4.72 Å². The van der Waals surface area contributed by atoms with Crippen LogP contribution in [0.15, 0.2) is 12.1 Å². The third-order valence-electron chi connectivity index (χ3n) is 3.52. The highest BCUT2D eigenvalue weighted by molar-refractivity contribution is 7.93. The maximum Gasteiger partial charge on any atom is 0.337 e. The third-order valence-corrected chi connectivity index (χ3v) is 5.87. The van der Waals surface area contributed by atoms with Crippen molar-refractivity contribution in [3.8, 4) is 0 Å². The third kappa shape index (κ3) is 3.81. The molecule has 0 spiro atoms. The van der Waals surface area contributed by atoms with Crippen LogP contribution >= 0.6 is 23.2 Å². The molecule has 1 aliphatic rings. The van der Waals surface area contributed by atoms with Crippen molar-refractivity contribution >= 4 is 44.9 Å². The maximum absolute atomic E-state index is 12.4. The number of halogens is 2. The van der Waals surface area contributed by atoms with Crippen LogP contribution in [-0.4, -0.2) is 24.7 Å². The second kappa shape index (κ2) is 6.42. The van der Waals surface area contributed by atoms with Crippen LogP contribution in [0.5, 0.6) is 0 Å². The number of carboxylic acids is 1. The summed E-state index contributed by atoms with van der Waals surface area (Å²) in [6.07, 6.45) is 3.87. The summed E-state index contributed by atoms with van der Waals surface area (Å²) in [5.74, 6) is -1.29. The van der Waals surface area contributed by atoms with Crippen molar-refractivity contribution < 1.29 is 18.3 Å². The van der Waals surface area contributed by atoms with Gasteiger partial charge in [0.05, 0.1) is 21.5 Å². The van der Waals surface area contributed by atoms with Gasteiger partial charge in [0.25, 0.3) is 0 Å². The van der Waals surface area contributed by atoms with Crippen LogP contribution in [0.25, 0.3) is 0 Å². The molecule has 0 atom stereocenters. The number of anilines is 1. The normalized spacial score (nSPS) is 16.7. The van der Waals surface area contributed by atoms with E-state index in [2.05, 4.69) is 4.72 Å². The lowest BCUT2D eigenvalue weighted by Crippen LogP contribution is -2.30. The number of carboxylic acid groups (broad SMARTS) is 1. The number of sulfonamides is 1. The fraction of sp³-hybridized carbons (Fsp3) is 0.462. The Hall–Kier alpha value is -0.980. The van der Waals surface area contributed by atoms with Crippen molar-refractivity contribution in [2.45, 2.75) is 37.4 Å². The molecule has 1 saturated carbocycles. The summed E-state index contributed by atoms with van der Waals surface area (Å²) in [4.78, 5) is 11.2. The molecule has 1 fully saturated rings. The van der Waals surface area contributed by atoms with Crippen molar-refractivity contribution in [2.24, 2.45) is 0 Å². The van der Waals surface area contributed by atoms with Gasteiger partial charge in [-0.2, -0.15) is 0 Å². The van der Waals surface area contributed by atoms with Gasteiger partial charge in [-0.05, 0) is 25.0 Å². The van der Waals surface area contributed by atoms with Crippen molar-refractivity contribution in [1.29, 1.82) is 0 Å². The molecule has 0 aromatic heterocycles. The first-order chi connectivity index (χ1) is 9.81. The zero-order valence-corrected chi connectivity index (χ0v) is 13.4. The Morgan fingerprint density at radius 3 is 2.38 bits per heavy atom. The van der Waals surface area contributed by atoms with Crippen LogP contribution in [0.3, 0.4) is 0 Å². The molecule has 21 heavy (non-hydrogen) atoms. The average Bonchev–Trinajstić information content (AvgIpc) is 2.42. The van der Waals surface area contributed by atoms with Crippen LogP contribution in [0.1, 0.15) is 42.5 Å². The minimum absolute atomic E-state index is 0.0284. The summed E-state index contributed by atoms with van der Waals surface area (Å²) in [6, 6.07) is 2.49. The van der Waals surface area contributed by atoms with E-state index in [1.54, 1.807) is 0 Å². The van der Waals surface area contributed by atoms with E-state index in [1.165, 1.54) is 12.1 Å². The standard InChI is InChI=1S/C13H15Cl2NO4S/c14-8-6-10(13(17)18)12(11(15)7-8)16-21(19,20)9-4-2-1-3-5-9/h6-7,9,16H,1-5H2,(H,17,18). The number of benzene rings is 1. The monoisotopic (exact) mass is 351 g/mol. The summed E-state index contributed by atoms with van der Waals surface area (Å²) < 4.78 is 27.1.